The Bertz CT molecular complexity index is 1190. The number of fused-ring (bicyclic) bond motifs is 3. The molecule has 1 aliphatic rings. The molecule has 5 rings (SSSR count). The van der Waals surface area contributed by atoms with E-state index in [0.29, 0.717) is 17.4 Å². The highest BCUT2D eigenvalue weighted by atomic mass is 35.5. The maximum atomic E-state index is 14.6. The highest BCUT2D eigenvalue weighted by Gasteiger charge is 2.43. The van der Waals surface area contributed by atoms with Crippen molar-refractivity contribution in [1.29, 1.82) is 0 Å². The van der Waals surface area contributed by atoms with Crippen LogP contribution in [0.3, 0.4) is 0 Å². The molecule has 0 aliphatic carbocycles. The molecule has 1 atom stereocenters. The first kappa shape index (κ1) is 17.1. The molecule has 1 aliphatic heterocycles. The minimum Gasteiger partial charge on any atom is -0.435 e. The SMILES string of the molecule is CC(C)(c1nc2ncncc2[nH]1)[C@@H]1c2ccc(Cl)nc2Oc2c(F)cccc21. The summed E-state index contributed by atoms with van der Waals surface area (Å²) < 4.78 is 20.4. The van der Waals surface area contributed by atoms with E-state index >= 15 is 0 Å². The zero-order chi connectivity index (χ0) is 19.5. The Balaban J connectivity index is 1.75. The zero-order valence-electron chi connectivity index (χ0n) is 15.1. The number of rotatable bonds is 2. The fourth-order valence-electron chi connectivity index (χ4n) is 3.84. The monoisotopic (exact) mass is 395 g/mol. The van der Waals surface area contributed by atoms with E-state index in [-0.39, 0.29) is 16.8 Å². The number of aromatic nitrogens is 5. The molecule has 1 N–H and O–H groups in total. The maximum absolute atomic E-state index is 14.6. The molecule has 0 saturated carbocycles. The number of aromatic amines is 1. The molecule has 4 heterocycles. The average molecular weight is 396 g/mol. The topological polar surface area (TPSA) is 76.6 Å². The number of ether oxygens (including phenoxy) is 1. The predicted octanol–water partition coefficient (Wildman–Crippen LogP) is 4.76. The van der Waals surface area contributed by atoms with Crippen molar-refractivity contribution in [3.63, 3.8) is 0 Å². The van der Waals surface area contributed by atoms with Gasteiger partial charge in [0.05, 0.1) is 6.20 Å². The van der Waals surface area contributed by atoms with Gasteiger partial charge in [0.25, 0.3) is 0 Å². The van der Waals surface area contributed by atoms with Crippen molar-refractivity contribution >= 4 is 22.8 Å². The van der Waals surface area contributed by atoms with Gasteiger partial charge in [0.2, 0.25) is 5.88 Å². The van der Waals surface area contributed by atoms with Crippen LogP contribution in [0.15, 0.2) is 42.9 Å². The molecule has 8 heteroatoms. The molecule has 140 valence electrons. The summed E-state index contributed by atoms with van der Waals surface area (Å²) in [7, 11) is 0. The van der Waals surface area contributed by atoms with Gasteiger partial charge in [-0.1, -0.05) is 37.6 Å². The van der Waals surface area contributed by atoms with Gasteiger partial charge in [0.15, 0.2) is 17.2 Å². The van der Waals surface area contributed by atoms with Crippen LogP contribution in [-0.2, 0) is 5.41 Å². The maximum Gasteiger partial charge on any atom is 0.224 e. The number of benzene rings is 1. The average Bonchev–Trinajstić information content (AvgIpc) is 3.12. The van der Waals surface area contributed by atoms with Crippen LogP contribution in [0.5, 0.6) is 11.6 Å². The van der Waals surface area contributed by atoms with Crippen LogP contribution < -0.4 is 4.74 Å². The summed E-state index contributed by atoms with van der Waals surface area (Å²) >= 11 is 6.06. The molecule has 6 nitrogen and oxygen atoms in total. The highest BCUT2D eigenvalue weighted by molar-refractivity contribution is 6.29. The van der Waals surface area contributed by atoms with Gasteiger partial charge in [0, 0.05) is 22.5 Å². The summed E-state index contributed by atoms with van der Waals surface area (Å²) in [6.07, 6.45) is 3.14. The van der Waals surface area contributed by atoms with Crippen molar-refractivity contribution in [2.75, 3.05) is 0 Å². The number of halogens is 2. The molecule has 0 radical (unpaired) electrons. The molecule has 0 amide bonds. The summed E-state index contributed by atoms with van der Waals surface area (Å²) in [6.45, 7) is 4.09. The van der Waals surface area contributed by atoms with E-state index in [1.165, 1.54) is 12.4 Å². The molecule has 3 aromatic heterocycles. The second-order valence-electron chi connectivity index (χ2n) is 7.29. The Labute approximate surface area is 164 Å². The summed E-state index contributed by atoms with van der Waals surface area (Å²) in [5.74, 6) is 0.477. The number of pyridine rings is 1. The normalized spacial score (nSPS) is 15.8. The van der Waals surface area contributed by atoms with E-state index < -0.39 is 11.2 Å². The number of hydrogen-bond donors (Lipinski definition) is 1. The summed E-state index contributed by atoms with van der Waals surface area (Å²) in [6, 6.07) is 8.49. The van der Waals surface area contributed by atoms with E-state index in [1.54, 1.807) is 18.3 Å². The van der Waals surface area contributed by atoms with Crippen molar-refractivity contribution in [2.45, 2.75) is 25.2 Å². The Morgan fingerprint density at radius 3 is 2.82 bits per heavy atom. The number of hydrogen-bond acceptors (Lipinski definition) is 5. The first-order valence-corrected chi connectivity index (χ1v) is 9.12. The lowest BCUT2D eigenvalue weighted by atomic mass is 9.70. The molecule has 4 aromatic rings. The van der Waals surface area contributed by atoms with E-state index in [4.69, 9.17) is 16.3 Å². The third-order valence-corrected chi connectivity index (χ3v) is 5.38. The largest absolute Gasteiger partial charge is 0.435 e. The Morgan fingerprint density at radius 1 is 1.14 bits per heavy atom. The number of H-pyrrole nitrogens is 1. The number of nitrogens with zero attached hydrogens (tertiary/aromatic N) is 4. The van der Waals surface area contributed by atoms with E-state index in [9.17, 15) is 4.39 Å². The van der Waals surface area contributed by atoms with Crippen molar-refractivity contribution in [3.05, 3.63) is 70.8 Å². The van der Waals surface area contributed by atoms with Gasteiger partial charge in [0.1, 0.15) is 22.8 Å². The van der Waals surface area contributed by atoms with Crippen LogP contribution in [0.2, 0.25) is 5.15 Å². The van der Waals surface area contributed by atoms with Crippen LogP contribution in [0, 0.1) is 5.82 Å². The summed E-state index contributed by atoms with van der Waals surface area (Å²) in [4.78, 5) is 20.5. The minimum absolute atomic E-state index is 0.166. The summed E-state index contributed by atoms with van der Waals surface area (Å²) in [5, 5.41) is 0.286. The van der Waals surface area contributed by atoms with E-state index in [1.807, 2.05) is 26.0 Å². The molecular weight excluding hydrogens is 381 g/mol. The first-order valence-electron chi connectivity index (χ1n) is 8.74. The minimum atomic E-state index is -0.558. The third-order valence-electron chi connectivity index (χ3n) is 5.17. The molecule has 0 unspecified atom stereocenters. The molecule has 28 heavy (non-hydrogen) atoms. The van der Waals surface area contributed by atoms with Gasteiger partial charge < -0.3 is 9.72 Å². The van der Waals surface area contributed by atoms with Gasteiger partial charge in [-0.3, -0.25) is 0 Å². The molecule has 0 bridgehead atoms. The van der Waals surface area contributed by atoms with Crippen molar-refractivity contribution < 1.29 is 9.13 Å². The number of para-hydroxylation sites is 1. The fourth-order valence-corrected chi connectivity index (χ4v) is 3.98. The molecular formula is C20H15ClFN5O. The highest BCUT2D eigenvalue weighted by Crippen LogP contribution is 2.52. The quantitative estimate of drug-likeness (QED) is 0.495. The Kier molecular flexibility index (Phi) is 3.64. The second-order valence-corrected chi connectivity index (χ2v) is 7.68. The van der Waals surface area contributed by atoms with Crippen molar-refractivity contribution in [1.82, 2.24) is 24.9 Å². The van der Waals surface area contributed by atoms with Gasteiger partial charge in [-0.25, -0.2) is 24.3 Å². The van der Waals surface area contributed by atoms with Crippen LogP contribution in [0.4, 0.5) is 4.39 Å². The van der Waals surface area contributed by atoms with Gasteiger partial charge in [-0.2, -0.15) is 0 Å². The molecule has 0 saturated heterocycles. The molecule has 0 spiro atoms. The lowest BCUT2D eigenvalue weighted by Gasteiger charge is -2.37. The van der Waals surface area contributed by atoms with Gasteiger partial charge in [-0.05, 0) is 18.2 Å². The van der Waals surface area contributed by atoms with E-state index in [2.05, 4.69) is 24.9 Å². The Morgan fingerprint density at radius 2 is 2.00 bits per heavy atom. The lowest BCUT2D eigenvalue weighted by molar-refractivity contribution is 0.353. The number of nitrogens with one attached hydrogen (secondary N) is 1. The molecule has 1 aromatic carbocycles. The Hall–Kier alpha value is -3.06. The smallest absolute Gasteiger partial charge is 0.224 e. The predicted molar refractivity (Wildman–Crippen MR) is 102 cm³/mol. The van der Waals surface area contributed by atoms with Crippen LogP contribution in [0.1, 0.15) is 36.7 Å². The van der Waals surface area contributed by atoms with E-state index in [0.717, 1.165) is 16.6 Å². The fraction of sp³-hybridized carbons (Fsp3) is 0.200. The lowest BCUT2D eigenvalue weighted by Crippen LogP contribution is -2.32. The second kappa shape index (κ2) is 5.97. The molecule has 0 fully saturated rings. The van der Waals surface area contributed by atoms with Gasteiger partial charge in [-0.15, -0.1) is 0 Å². The number of imidazole rings is 1. The van der Waals surface area contributed by atoms with Crippen molar-refractivity contribution in [2.24, 2.45) is 0 Å². The van der Waals surface area contributed by atoms with Crippen LogP contribution >= 0.6 is 11.6 Å². The van der Waals surface area contributed by atoms with Crippen LogP contribution in [-0.4, -0.2) is 24.9 Å². The van der Waals surface area contributed by atoms with Crippen molar-refractivity contribution in [3.8, 4) is 11.6 Å². The van der Waals surface area contributed by atoms with Gasteiger partial charge >= 0.3 is 0 Å². The summed E-state index contributed by atoms with van der Waals surface area (Å²) in [5.41, 5.74) is 2.31. The zero-order valence-corrected chi connectivity index (χ0v) is 15.8. The third kappa shape index (κ3) is 2.46. The van der Waals surface area contributed by atoms with Crippen LogP contribution in [0.25, 0.3) is 11.2 Å². The standard InChI is InChI=1S/C20H15ClFN5O/c1-20(2,19-25-13-8-23-9-24-17(13)27-19)15-10-4-3-5-12(22)16(10)28-18-11(15)6-7-14(21)26-18/h3-9,15H,1-2H3,(H,23,24,25,27)/t15-/m0/s1. The first-order chi connectivity index (χ1) is 13.4.